The molecule has 1 saturated carbocycles. The topological polar surface area (TPSA) is 322 Å². The molecule has 468 valence electrons. The summed E-state index contributed by atoms with van der Waals surface area (Å²) in [4.78, 5) is 147. The van der Waals surface area contributed by atoms with Crippen LogP contribution in [0.1, 0.15) is 124 Å². The highest BCUT2D eigenvalue weighted by molar-refractivity contribution is 5.99. The number of aromatic amines is 1. The van der Waals surface area contributed by atoms with Crippen molar-refractivity contribution in [3.8, 4) is 5.75 Å². The molecule has 6 bridgehead atoms. The van der Waals surface area contributed by atoms with E-state index < -0.39 is 108 Å². The van der Waals surface area contributed by atoms with Crippen molar-refractivity contribution >= 4 is 70.0 Å². The first-order chi connectivity index (χ1) is 41.8. The van der Waals surface area contributed by atoms with Crippen molar-refractivity contribution in [3.63, 3.8) is 0 Å². The number of amides is 10. The zero-order valence-corrected chi connectivity index (χ0v) is 49.8. The molecule has 5 aliphatic rings. The van der Waals surface area contributed by atoms with E-state index in [1.54, 1.807) is 74.8 Å². The van der Waals surface area contributed by atoms with Crippen LogP contribution in [0.4, 0.5) is 4.39 Å². The van der Waals surface area contributed by atoms with E-state index in [0.29, 0.717) is 96.8 Å². The second-order valence-electron chi connectivity index (χ2n) is 23.6. The van der Waals surface area contributed by atoms with E-state index in [0.717, 1.165) is 12.8 Å². The first kappa shape index (κ1) is 64.6. The highest BCUT2D eigenvalue weighted by Crippen LogP contribution is 2.34. The predicted octanol–water partition coefficient (Wildman–Crippen LogP) is 2.66. The first-order valence-corrected chi connectivity index (χ1v) is 30.3. The average Bonchev–Trinajstić information content (AvgIpc) is 2.57. The minimum atomic E-state index is -1.47. The number of hydrogen-bond donors (Lipinski definition) is 9. The van der Waals surface area contributed by atoms with Gasteiger partial charge in [-0.05, 0) is 150 Å². The number of nitrogens with zero attached hydrogens (tertiary/aromatic N) is 2. The molecule has 24 heteroatoms. The Kier molecular flexibility index (Phi) is 22.5. The number of methoxy groups -OCH3 is 1. The Hall–Kier alpha value is -8.41. The summed E-state index contributed by atoms with van der Waals surface area (Å²) in [6, 6.07) is 11.3. The fourth-order valence-electron chi connectivity index (χ4n) is 12.0. The Morgan fingerprint density at radius 1 is 0.747 bits per heavy atom. The Bertz CT molecular complexity index is 3150. The quantitative estimate of drug-likeness (QED) is 0.135. The highest BCUT2D eigenvalue weighted by Gasteiger charge is 2.49. The maximum absolute atomic E-state index is 15.2. The van der Waals surface area contributed by atoms with Gasteiger partial charge in [-0.1, -0.05) is 30.7 Å². The summed E-state index contributed by atoms with van der Waals surface area (Å²) in [6.07, 6.45) is 7.48. The van der Waals surface area contributed by atoms with E-state index >= 15 is 9.59 Å². The van der Waals surface area contributed by atoms with Crippen molar-refractivity contribution in [2.75, 3.05) is 46.4 Å². The Morgan fingerprint density at radius 2 is 1.52 bits per heavy atom. The number of H-pyrrole nitrogens is 1. The molecule has 1 aromatic heterocycles. The van der Waals surface area contributed by atoms with Crippen LogP contribution in [0.5, 0.6) is 5.75 Å². The highest BCUT2D eigenvalue weighted by atomic mass is 19.1. The van der Waals surface area contributed by atoms with E-state index in [-0.39, 0.29) is 76.2 Å². The summed E-state index contributed by atoms with van der Waals surface area (Å²) < 4.78 is 26.5. The summed E-state index contributed by atoms with van der Waals surface area (Å²) in [5, 5.41) is 19.9. The van der Waals surface area contributed by atoms with Crippen molar-refractivity contribution in [3.05, 3.63) is 101 Å². The van der Waals surface area contributed by atoms with Crippen LogP contribution in [0.3, 0.4) is 0 Å². The lowest BCUT2D eigenvalue weighted by molar-refractivity contribution is -0.147. The second kappa shape index (κ2) is 30.3. The number of carbonyl (C=O) groups is 10. The lowest BCUT2D eigenvalue weighted by atomic mass is 9.82. The number of halogens is 1. The summed E-state index contributed by atoms with van der Waals surface area (Å²) in [6.45, 7) is 2.64. The van der Waals surface area contributed by atoms with Crippen molar-refractivity contribution < 1.29 is 61.8 Å². The zero-order chi connectivity index (χ0) is 62.2. The van der Waals surface area contributed by atoms with Crippen molar-refractivity contribution in [2.24, 2.45) is 11.7 Å². The molecular formula is C63H82FN11O12. The molecule has 1 saturated heterocycles. The third-order valence-corrected chi connectivity index (χ3v) is 17.1. The van der Waals surface area contributed by atoms with Gasteiger partial charge in [0, 0.05) is 75.1 Å². The minimum Gasteiger partial charge on any atom is -0.494 e. The van der Waals surface area contributed by atoms with Crippen molar-refractivity contribution in [1.82, 2.24) is 52.0 Å². The minimum absolute atomic E-state index is 0.0150. The lowest BCUT2D eigenvalue weighted by Gasteiger charge is -2.38. The number of nitrogens with one attached hydrogen (secondary N) is 8. The average molecular weight is 1200 g/mol. The maximum atomic E-state index is 15.2. The molecule has 1 aliphatic carbocycles. The maximum Gasteiger partial charge on any atom is 0.251 e. The number of hydrogen-bond acceptors (Lipinski definition) is 12. The van der Waals surface area contributed by atoms with Crippen LogP contribution in [0.25, 0.3) is 10.9 Å². The second-order valence-corrected chi connectivity index (χ2v) is 23.6. The van der Waals surface area contributed by atoms with Crippen LogP contribution in [0.2, 0.25) is 0 Å². The Morgan fingerprint density at radius 3 is 2.28 bits per heavy atom. The number of benzene rings is 3. The van der Waals surface area contributed by atoms with Crippen LogP contribution in [-0.4, -0.2) is 162 Å². The van der Waals surface area contributed by atoms with Crippen LogP contribution < -0.4 is 47.7 Å². The van der Waals surface area contributed by atoms with E-state index in [1.165, 1.54) is 28.9 Å². The molecule has 4 aromatic rings. The summed E-state index contributed by atoms with van der Waals surface area (Å²) >= 11 is 0. The normalized spacial score (nSPS) is 26.3. The summed E-state index contributed by atoms with van der Waals surface area (Å²) in [7, 11) is 1.65. The molecule has 5 heterocycles. The van der Waals surface area contributed by atoms with Gasteiger partial charge in [0.05, 0.1) is 25.8 Å². The van der Waals surface area contributed by atoms with Gasteiger partial charge in [-0.15, -0.1) is 0 Å². The molecule has 9 rings (SSSR count). The molecule has 23 nitrogen and oxygen atoms in total. The molecule has 3 aromatic carbocycles. The Labute approximate surface area is 505 Å². The number of fused-ring (bicyclic) bond motifs is 26. The van der Waals surface area contributed by atoms with Crippen LogP contribution in [0.15, 0.2) is 72.9 Å². The molecule has 0 unspecified atom stereocenters. The van der Waals surface area contributed by atoms with E-state index in [4.69, 9.17) is 15.2 Å². The van der Waals surface area contributed by atoms with Gasteiger partial charge >= 0.3 is 0 Å². The van der Waals surface area contributed by atoms with Crippen LogP contribution >= 0.6 is 0 Å². The van der Waals surface area contributed by atoms with E-state index in [2.05, 4.69) is 42.2 Å². The largest absolute Gasteiger partial charge is 0.494 e. The predicted molar refractivity (Wildman–Crippen MR) is 319 cm³/mol. The third-order valence-electron chi connectivity index (χ3n) is 17.1. The number of aromatic nitrogens is 1. The first-order valence-electron chi connectivity index (χ1n) is 30.3. The monoisotopic (exact) mass is 1200 g/mol. The Balaban J connectivity index is 1.08. The third kappa shape index (κ3) is 17.6. The number of rotatable bonds is 6. The van der Waals surface area contributed by atoms with Crippen molar-refractivity contribution in [2.45, 2.75) is 158 Å². The molecule has 10 amide bonds. The van der Waals surface area contributed by atoms with Gasteiger partial charge < -0.3 is 67.2 Å². The van der Waals surface area contributed by atoms with Crippen LogP contribution in [0, 0.1) is 11.7 Å². The van der Waals surface area contributed by atoms with Gasteiger partial charge in [-0.25, -0.2) is 4.39 Å². The van der Waals surface area contributed by atoms with Gasteiger partial charge in [0.25, 0.3) is 5.91 Å². The van der Waals surface area contributed by atoms with Gasteiger partial charge in [-0.2, -0.15) is 0 Å². The zero-order valence-electron chi connectivity index (χ0n) is 49.8. The summed E-state index contributed by atoms with van der Waals surface area (Å²) in [5.74, 6) is -6.44. The van der Waals surface area contributed by atoms with Gasteiger partial charge in [0.15, 0.2) is 0 Å². The number of nitrogens with two attached hydrogens (primary N) is 1. The molecule has 6 atom stereocenters. The SMILES string of the molecule is COC1CCC(C[C@@H]2NC(=O)[C@H](C)NC(=O)CN3CCCCOc4cccc(c4)C[C@H](NC(=O)CNC(=O)CCCCCNC(=O)c4ccc(cc4)C[C@@H](C(N)=O)NC(=O)[C@]4(C)CCCN4C2=O)C(=O)N[C@@H](Cc2c[nH]c4ccc(F)cc24)C3=O)CC1. The number of primary amides is 1. The fourth-order valence-corrected chi connectivity index (χ4v) is 12.0. The number of ether oxygens (including phenoxy) is 2. The lowest BCUT2D eigenvalue weighted by Crippen LogP contribution is -2.63. The molecule has 2 fully saturated rings. The molecule has 0 radical (unpaired) electrons. The van der Waals surface area contributed by atoms with E-state index in [9.17, 15) is 42.7 Å². The van der Waals surface area contributed by atoms with Crippen molar-refractivity contribution in [1.29, 1.82) is 0 Å². The fraction of sp³-hybridized carbons (Fsp3) is 0.524. The van der Waals surface area contributed by atoms with E-state index in [1.807, 2.05) is 0 Å². The molecule has 10 N–H and O–H groups in total. The molecule has 0 spiro atoms. The van der Waals surface area contributed by atoms with Gasteiger partial charge in [-0.3, -0.25) is 47.9 Å². The molecular weight excluding hydrogens is 1120 g/mol. The smallest absolute Gasteiger partial charge is 0.251 e. The number of carbonyl (C=O) groups excluding carboxylic acids is 10. The standard InChI is InChI=1S/C63H82FN11O12/c1-38-57(80)71-51(31-40-16-21-45(86-3)22-17-40)61(84)75-27-10-24-63(75,2)62(85)73-49(56(65)79)30-39-14-18-42(19-15-39)58(81)66-25-6-4-5-13-53(76)68-36-54(77)70-50-32-41-11-9-12-46(29-41)87-28-8-7-26-74(37-55(78)69-38)60(83)52(72-59(50)82)33-43-35-67-48-23-20-44(64)34-47(43)48/h9,11-12,14-15,18-20,23,29,34-35,38,40,45,49-52,67H,4-8,10,13,16-17,21-22,24-28,30-33,36-37H2,1-3H3,(H2,65,79)(H,66,81)(H,68,76)(H,69,78)(H,70,77)(H,71,80)(H,72,82)(H,73,85)/t38-,40?,45?,49-,50-,51-,52-,63-/m0/s1. The summed E-state index contributed by atoms with van der Waals surface area (Å²) in [5.41, 5.74) is 6.98. The molecule has 87 heavy (non-hydrogen) atoms. The van der Waals surface area contributed by atoms with Gasteiger partial charge in [0.1, 0.15) is 47.3 Å². The van der Waals surface area contributed by atoms with Crippen LogP contribution in [-0.2, 0) is 67.2 Å². The van der Waals surface area contributed by atoms with Gasteiger partial charge in [0.2, 0.25) is 53.2 Å². The molecule has 4 aliphatic heterocycles.